The number of aliphatic hydroxyl groups excluding tert-OH is 5. The van der Waals surface area contributed by atoms with Gasteiger partial charge in [-0.15, -0.1) is 0 Å². The summed E-state index contributed by atoms with van der Waals surface area (Å²) >= 11 is 0. The molecule has 11 heteroatoms. The van der Waals surface area contributed by atoms with Gasteiger partial charge in [0.25, 0.3) is 0 Å². The van der Waals surface area contributed by atoms with Crippen molar-refractivity contribution in [3.8, 4) is 0 Å². The van der Waals surface area contributed by atoms with Gasteiger partial charge in [-0.05, 0) is 96.3 Å². The molecule has 8 atom stereocenters. The lowest BCUT2D eigenvalue weighted by atomic mass is 9.99. The Bertz CT molecular complexity index is 1540. The number of amides is 1. The van der Waals surface area contributed by atoms with Crippen LogP contribution in [0.3, 0.4) is 0 Å². The molecule has 1 fully saturated rings. The molecule has 1 saturated heterocycles. The van der Waals surface area contributed by atoms with E-state index in [0.717, 1.165) is 122 Å². The third-order valence-corrected chi connectivity index (χ3v) is 13.8. The lowest BCUT2D eigenvalue weighted by molar-refractivity contribution is -0.305. The van der Waals surface area contributed by atoms with E-state index in [-0.39, 0.29) is 19.4 Å². The van der Waals surface area contributed by atoms with Crippen LogP contribution in [0.15, 0.2) is 85.1 Å². The molecule has 0 aliphatic carbocycles. The van der Waals surface area contributed by atoms with Crippen LogP contribution in [0.4, 0.5) is 0 Å². The fraction of sp³-hybridized carbons (Fsp3) is 0.750. The number of allylic oxidation sites excluding steroid dienone is 13. The zero-order valence-corrected chi connectivity index (χ0v) is 47.6. The molecule has 0 aromatic carbocycles. The Labute approximate surface area is 457 Å². The van der Waals surface area contributed by atoms with Gasteiger partial charge in [0.05, 0.1) is 25.4 Å². The fourth-order valence-corrected chi connectivity index (χ4v) is 8.97. The highest BCUT2D eigenvalue weighted by Crippen LogP contribution is 2.26. The van der Waals surface area contributed by atoms with Crippen LogP contribution < -0.4 is 5.32 Å². The van der Waals surface area contributed by atoms with Crippen LogP contribution in [0, 0.1) is 0 Å². The smallest absolute Gasteiger partial charge is 0.306 e. The second kappa shape index (κ2) is 51.6. The minimum Gasteiger partial charge on any atom is -0.454 e. The van der Waals surface area contributed by atoms with E-state index in [9.17, 15) is 35.1 Å². The molecular weight excluding hydrogens is 943 g/mol. The number of esters is 1. The summed E-state index contributed by atoms with van der Waals surface area (Å²) in [5.74, 6) is -1.23. The minimum absolute atomic E-state index is 0.0990. The number of unbranched alkanes of at least 4 members (excludes halogenated alkanes) is 24. The molecule has 0 aromatic heterocycles. The Hall–Kier alpha value is -3.16. The molecule has 1 aliphatic heterocycles. The Morgan fingerprint density at radius 2 is 0.960 bits per heavy atom. The van der Waals surface area contributed by atoms with Crippen molar-refractivity contribution >= 4 is 11.9 Å². The van der Waals surface area contributed by atoms with Crippen LogP contribution in [0.5, 0.6) is 0 Å². The SMILES string of the molecule is CC/C=C\C/C=C\C/C=C\C/C=C\C/C=C\CCCCCCCCC(O)C(=O)NC(COC1OC(CO)C(O)C(O)C1OC(=O)CCCCC/C=C\CCCCCCCC)C(O)/C=C/CCCCCCCCCCC. The molecule has 1 amide bonds. The van der Waals surface area contributed by atoms with Crippen molar-refractivity contribution in [2.75, 3.05) is 13.2 Å². The van der Waals surface area contributed by atoms with E-state index < -0.39 is 67.4 Å². The van der Waals surface area contributed by atoms with Gasteiger partial charge in [-0.1, -0.05) is 228 Å². The van der Waals surface area contributed by atoms with Crippen molar-refractivity contribution < 1.29 is 49.3 Å². The van der Waals surface area contributed by atoms with Gasteiger partial charge in [0.15, 0.2) is 12.4 Å². The molecule has 1 aliphatic rings. The van der Waals surface area contributed by atoms with Crippen LogP contribution in [0.2, 0.25) is 0 Å². The summed E-state index contributed by atoms with van der Waals surface area (Å²) in [5, 5.41) is 56.9. The molecule has 0 spiro atoms. The molecule has 6 N–H and O–H groups in total. The maximum atomic E-state index is 13.4. The normalized spacial score (nSPS) is 19.8. The highest BCUT2D eigenvalue weighted by atomic mass is 16.7. The Kier molecular flexibility index (Phi) is 48.0. The number of hydrogen-bond acceptors (Lipinski definition) is 10. The van der Waals surface area contributed by atoms with Crippen molar-refractivity contribution in [1.82, 2.24) is 5.32 Å². The van der Waals surface area contributed by atoms with E-state index >= 15 is 0 Å². The number of ether oxygens (including phenoxy) is 3. The predicted molar refractivity (Wildman–Crippen MR) is 310 cm³/mol. The van der Waals surface area contributed by atoms with Gasteiger partial charge in [0.2, 0.25) is 5.91 Å². The highest BCUT2D eigenvalue weighted by Gasteiger charge is 2.47. The average molecular weight is 1050 g/mol. The van der Waals surface area contributed by atoms with Gasteiger partial charge in [0, 0.05) is 6.42 Å². The average Bonchev–Trinajstić information content (AvgIpc) is 3.41. The molecule has 432 valence electrons. The van der Waals surface area contributed by atoms with Gasteiger partial charge >= 0.3 is 5.97 Å². The Morgan fingerprint density at radius 3 is 1.45 bits per heavy atom. The van der Waals surface area contributed by atoms with Crippen molar-refractivity contribution in [1.29, 1.82) is 0 Å². The molecule has 1 rings (SSSR count). The van der Waals surface area contributed by atoms with Crippen LogP contribution in [-0.4, -0.2) is 99.6 Å². The van der Waals surface area contributed by atoms with E-state index in [4.69, 9.17) is 14.2 Å². The number of carbonyl (C=O) groups excluding carboxylic acids is 2. The predicted octanol–water partition coefficient (Wildman–Crippen LogP) is 14.2. The van der Waals surface area contributed by atoms with E-state index in [1.165, 1.54) is 77.0 Å². The number of aliphatic hydroxyl groups is 5. The lowest BCUT2D eigenvalue weighted by Gasteiger charge is -2.41. The first-order valence-corrected chi connectivity index (χ1v) is 30.4. The molecule has 0 saturated carbocycles. The second-order valence-electron chi connectivity index (χ2n) is 20.7. The van der Waals surface area contributed by atoms with Crippen LogP contribution in [0.25, 0.3) is 0 Å². The summed E-state index contributed by atoms with van der Waals surface area (Å²) in [6.45, 7) is 5.63. The second-order valence-corrected chi connectivity index (χ2v) is 20.7. The van der Waals surface area contributed by atoms with Crippen molar-refractivity contribution in [3.63, 3.8) is 0 Å². The number of nitrogens with one attached hydrogen (secondary N) is 1. The van der Waals surface area contributed by atoms with E-state index in [0.29, 0.717) is 12.8 Å². The maximum absolute atomic E-state index is 13.4. The van der Waals surface area contributed by atoms with Crippen LogP contribution >= 0.6 is 0 Å². The van der Waals surface area contributed by atoms with Crippen LogP contribution in [0.1, 0.15) is 245 Å². The first-order chi connectivity index (χ1) is 36.7. The molecule has 8 unspecified atom stereocenters. The standard InChI is InChI=1S/C64H111NO10/c1-4-7-10-13-16-19-22-24-25-26-27-28-29-30-31-32-34-36-39-42-45-48-51-57(68)63(72)65-55(56(67)50-47-44-41-38-35-21-18-15-12-9-6-3)54-73-64-62(61(71)60(70)58(53-66)74-64)75-59(69)52-49-46-43-40-37-33-23-20-17-14-11-8-5-2/h7,10,16,19,24-25,27-28,30-31,33,37,47,50,55-58,60-62,64,66-68,70-71H,4-6,8-9,11-15,17-18,20-23,26,29,32,34-36,38-46,48-49,51-54H2,1-3H3,(H,65,72)/b10-7-,19-16-,25-24-,28-27-,31-30-,37-33-,50-47+. The minimum atomic E-state index is -1.62. The molecule has 1 heterocycles. The summed E-state index contributed by atoms with van der Waals surface area (Å²) in [4.78, 5) is 26.5. The fourth-order valence-electron chi connectivity index (χ4n) is 8.97. The molecule has 0 radical (unpaired) electrons. The Balaban J connectivity index is 2.68. The van der Waals surface area contributed by atoms with Crippen molar-refractivity contribution in [2.24, 2.45) is 0 Å². The Morgan fingerprint density at radius 1 is 0.533 bits per heavy atom. The van der Waals surface area contributed by atoms with Crippen molar-refractivity contribution in [3.05, 3.63) is 85.1 Å². The van der Waals surface area contributed by atoms with Gasteiger partial charge in [-0.2, -0.15) is 0 Å². The highest BCUT2D eigenvalue weighted by molar-refractivity contribution is 5.80. The first-order valence-electron chi connectivity index (χ1n) is 30.4. The topological polar surface area (TPSA) is 175 Å². The zero-order chi connectivity index (χ0) is 54.7. The summed E-state index contributed by atoms with van der Waals surface area (Å²) in [5.41, 5.74) is 0. The zero-order valence-electron chi connectivity index (χ0n) is 47.6. The molecule has 11 nitrogen and oxygen atoms in total. The summed E-state index contributed by atoms with van der Waals surface area (Å²) in [7, 11) is 0. The number of carbonyl (C=O) groups is 2. The van der Waals surface area contributed by atoms with E-state index in [1.54, 1.807) is 6.08 Å². The van der Waals surface area contributed by atoms with Gasteiger partial charge in [0.1, 0.15) is 24.4 Å². The summed E-state index contributed by atoms with van der Waals surface area (Å²) in [6, 6.07) is -1.04. The molecule has 75 heavy (non-hydrogen) atoms. The summed E-state index contributed by atoms with van der Waals surface area (Å²) < 4.78 is 17.6. The third-order valence-electron chi connectivity index (χ3n) is 13.8. The molecule has 0 bridgehead atoms. The van der Waals surface area contributed by atoms with E-state index in [1.807, 2.05) is 6.08 Å². The van der Waals surface area contributed by atoms with E-state index in [2.05, 4.69) is 99.0 Å². The maximum Gasteiger partial charge on any atom is 0.306 e. The number of hydrogen-bond donors (Lipinski definition) is 6. The van der Waals surface area contributed by atoms with Crippen LogP contribution in [-0.2, 0) is 23.8 Å². The first kappa shape index (κ1) is 69.9. The van der Waals surface area contributed by atoms with Gasteiger partial charge in [-0.25, -0.2) is 0 Å². The largest absolute Gasteiger partial charge is 0.454 e. The van der Waals surface area contributed by atoms with Crippen molar-refractivity contribution in [2.45, 2.75) is 294 Å². The monoisotopic (exact) mass is 1050 g/mol. The molecular formula is C64H111NO10. The number of rotatable bonds is 50. The molecule has 0 aromatic rings. The summed E-state index contributed by atoms with van der Waals surface area (Å²) in [6.07, 6.45) is 56.2. The van der Waals surface area contributed by atoms with Gasteiger partial charge in [-0.3, -0.25) is 9.59 Å². The third kappa shape index (κ3) is 39.8. The van der Waals surface area contributed by atoms with Gasteiger partial charge < -0.3 is 45.1 Å². The quantitative estimate of drug-likeness (QED) is 0.0195. The lowest BCUT2D eigenvalue weighted by Crippen LogP contribution is -2.61.